The number of halogens is 2. The fourth-order valence-electron chi connectivity index (χ4n) is 2.78. The number of fused-ring (bicyclic) bond motifs is 1. The Hall–Kier alpha value is -2.56. The molecule has 7 nitrogen and oxygen atoms in total. The third-order valence-electron chi connectivity index (χ3n) is 4.15. The summed E-state index contributed by atoms with van der Waals surface area (Å²) in [5.74, 6) is -2.87. The van der Waals surface area contributed by atoms with Crippen LogP contribution in [0.4, 0.5) is 14.5 Å². The number of aromatic nitrogens is 1. The van der Waals surface area contributed by atoms with Gasteiger partial charge < -0.3 is 15.0 Å². The fourth-order valence-corrected chi connectivity index (χ4v) is 4.29. The molecule has 0 radical (unpaired) electrons. The Labute approximate surface area is 154 Å². The standard InChI is InChI=1S/C17H17F2N3O4S/c1-9(23)14-6-4-11-15(27(25,26)21-14)8-22(2)16(11)17(24)20-10-3-5-12(18)13(19)7-10/h3-9,14,21,23H,1-2H3,(H,20,24)/t9-,14+/m0/s1. The van der Waals surface area contributed by atoms with Gasteiger partial charge in [-0.1, -0.05) is 12.2 Å². The summed E-state index contributed by atoms with van der Waals surface area (Å²) < 4.78 is 55.1. The van der Waals surface area contributed by atoms with Crippen LogP contribution in [-0.4, -0.2) is 36.1 Å². The lowest BCUT2D eigenvalue weighted by molar-refractivity contribution is 0.101. The molecule has 27 heavy (non-hydrogen) atoms. The Kier molecular flexibility index (Phi) is 4.89. The Morgan fingerprint density at radius 3 is 2.67 bits per heavy atom. The summed E-state index contributed by atoms with van der Waals surface area (Å²) in [6.07, 6.45) is 3.17. The van der Waals surface area contributed by atoms with Gasteiger partial charge in [0.2, 0.25) is 10.0 Å². The van der Waals surface area contributed by atoms with Gasteiger partial charge in [-0.15, -0.1) is 0 Å². The number of carbonyl (C=O) groups excluding carboxylic acids is 1. The highest BCUT2D eigenvalue weighted by Gasteiger charge is 2.31. The smallest absolute Gasteiger partial charge is 0.272 e. The van der Waals surface area contributed by atoms with E-state index in [1.807, 2.05) is 0 Å². The van der Waals surface area contributed by atoms with Crippen LogP contribution in [0, 0.1) is 11.6 Å². The number of sulfonamides is 1. The Balaban J connectivity index is 2.03. The number of hydrogen-bond acceptors (Lipinski definition) is 4. The molecule has 3 rings (SSSR count). The number of aliphatic hydroxyl groups is 1. The van der Waals surface area contributed by atoms with E-state index >= 15 is 0 Å². The second-order valence-corrected chi connectivity index (χ2v) is 7.88. The number of anilines is 1. The highest BCUT2D eigenvalue weighted by atomic mass is 32.2. The molecule has 0 spiro atoms. The molecule has 144 valence electrons. The molecule has 0 saturated heterocycles. The van der Waals surface area contributed by atoms with Gasteiger partial charge in [0.1, 0.15) is 10.6 Å². The van der Waals surface area contributed by atoms with E-state index in [-0.39, 0.29) is 21.8 Å². The molecule has 3 N–H and O–H groups in total. The van der Waals surface area contributed by atoms with Crippen LogP contribution < -0.4 is 10.0 Å². The lowest BCUT2D eigenvalue weighted by Gasteiger charge is -2.15. The SMILES string of the molecule is C[C@H](O)[C@H]1C=Cc2c(cn(C)c2C(=O)Nc2ccc(F)c(F)c2)S(=O)(=O)N1. The topological polar surface area (TPSA) is 100 Å². The zero-order valence-corrected chi connectivity index (χ0v) is 15.2. The summed E-state index contributed by atoms with van der Waals surface area (Å²) in [5.41, 5.74) is 0.171. The molecular weight excluding hydrogens is 380 g/mol. The number of benzene rings is 1. The second kappa shape index (κ2) is 6.87. The molecule has 2 atom stereocenters. The van der Waals surface area contributed by atoms with Crippen LogP contribution in [0.3, 0.4) is 0 Å². The zero-order chi connectivity index (χ0) is 19.9. The first kappa shape index (κ1) is 19.2. The number of amides is 1. The molecule has 10 heteroatoms. The minimum absolute atomic E-state index is 0.0163. The molecule has 2 aromatic rings. The quantitative estimate of drug-likeness (QED) is 0.733. The van der Waals surface area contributed by atoms with E-state index in [2.05, 4.69) is 10.0 Å². The molecule has 1 aromatic carbocycles. The van der Waals surface area contributed by atoms with Crippen molar-refractivity contribution in [1.82, 2.24) is 9.29 Å². The number of aliphatic hydroxyl groups excluding tert-OH is 1. The maximum atomic E-state index is 13.3. The number of nitrogens with zero attached hydrogens (tertiary/aromatic N) is 1. The van der Waals surface area contributed by atoms with E-state index in [0.29, 0.717) is 0 Å². The highest BCUT2D eigenvalue weighted by molar-refractivity contribution is 7.89. The lowest BCUT2D eigenvalue weighted by Crippen LogP contribution is -2.39. The highest BCUT2D eigenvalue weighted by Crippen LogP contribution is 2.27. The first-order chi connectivity index (χ1) is 12.6. The molecule has 0 aliphatic carbocycles. The van der Waals surface area contributed by atoms with Crippen molar-refractivity contribution < 1.29 is 27.1 Å². The van der Waals surface area contributed by atoms with E-state index in [4.69, 9.17) is 0 Å². The fraction of sp³-hybridized carbons (Fsp3) is 0.235. The average Bonchev–Trinajstić information content (AvgIpc) is 2.85. The van der Waals surface area contributed by atoms with Crippen molar-refractivity contribution in [2.45, 2.75) is 24.0 Å². The van der Waals surface area contributed by atoms with Gasteiger partial charge in [0.25, 0.3) is 5.91 Å². The predicted molar refractivity (Wildman–Crippen MR) is 94.5 cm³/mol. The normalized spacial score (nSPS) is 19.2. The van der Waals surface area contributed by atoms with Crippen LogP contribution in [0.5, 0.6) is 0 Å². The summed E-state index contributed by atoms with van der Waals surface area (Å²) in [4.78, 5) is 12.5. The molecule has 0 unspecified atom stereocenters. The zero-order valence-electron chi connectivity index (χ0n) is 14.4. The van der Waals surface area contributed by atoms with Gasteiger partial charge in [0, 0.05) is 30.6 Å². The van der Waals surface area contributed by atoms with Crippen molar-refractivity contribution in [3.05, 3.63) is 53.4 Å². The number of rotatable bonds is 3. The average molecular weight is 397 g/mol. The molecular formula is C17H17F2N3O4S. The molecule has 0 bridgehead atoms. The Morgan fingerprint density at radius 2 is 2.04 bits per heavy atom. The van der Waals surface area contributed by atoms with Gasteiger partial charge in [-0.25, -0.2) is 21.9 Å². The number of aryl methyl sites for hydroxylation is 1. The Bertz CT molecular complexity index is 1040. The van der Waals surface area contributed by atoms with Gasteiger partial charge in [-0.2, -0.15) is 0 Å². The predicted octanol–water partition coefficient (Wildman–Crippen LogP) is 1.61. The van der Waals surface area contributed by atoms with Crippen LogP contribution in [0.2, 0.25) is 0 Å². The molecule has 0 saturated carbocycles. The van der Waals surface area contributed by atoms with Crippen LogP contribution in [-0.2, 0) is 17.1 Å². The maximum Gasteiger partial charge on any atom is 0.272 e. The van der Waals surface area contributed by atoms with Crippen molar-refractivity contribution in [1.29, 1.82) is 0 Å². The number of hydrogen-bond donors (Lipinski definition) is 3. The first-order valence-corrected chi connectivity index (χ1v) is 9.43. The molecule has 1 aromatic heterocycles. The van der Waals surface area contributed by atoms with E-state index in [0.717, 1.165) is 12.1 Å². The van der Waals surface area contributed by atoms with E-state index in [1.54, 1.807) is 0 Å². The molecule has 2 heterocycles. The monoisotopic (exact) mass is 397 g/mol. The van der Waals surface area contributed by atoms with Crippen LogP contribution >= 0.6 is 0 Å². The summed E-state index contributed by atoms with van der Waals surface area (Å²) in [5, 5.41) is 12.1. The van der Waals surface area contributed by atoms with E-state index in [1.165, 1.54) is 43.0 Å². The molecule has 1 aliphatic rings. The summed E-state index contributed by atoms with van der Waals surface area (Å²) in [6, 6.07) is 2.04. The van der Waals surface area contributed by atoms with Gasteiger partial charge in [-0.05, 0) is 19.1 Å². The van der Waals surface area contributed by atoms with E-state index < -0.39 is 39.7 Å². The maximum absolute atomic E-state index is 13.3. The van der Waals surface area contributed by atoms with Crippen molar-refractivity contribution in [2.75, 3.05) is 5.32 Å². The third kappa shape index (κ3) is 3.64. The van der Waals surface area contributed by atoms with Gasteiger partial charge in [-0.3, -0.25) is 4.79 Å². The first-order valence-electron chi connectivity index (χ1n) is 7.94. The molecule has 1 amide bonds. The summed E-state index contributed by atoms with van der Waals surface area (Å²) in [7, 11) is -2.49. The Morgan fingerprint density at radius 1 is 1.33 bits per heavy atom. The second-order valence-electron chi connectivity index (χ2n) is 6.20. The van der Waals surface area contributed by atoms with Crippen molar-refractivity contribution in [3.63, 3.8) is 0 Å². The minimum Gasteiger partial charge on any atom is -0.391 e. The van der Waals surface area contributed by atoms with Gasteiger partial charge in [0.05, 0.1) is 12.1 Å². The van der Waals surface area contributed by atoms with Crippen molar-refractivity contribution >= 4 is 27.7 Å². The van der Waals surface area contributed by atoms with Crippen molar-refractivity contribution in [2.24, 2.45) is 7.05 Å². The number of nitrogens with one attached hydrogen (secondary N) is 2. The van der Waals surface area contributed by atoms with E-state index in [9.17, 15) is 27.1 Å². The summed E-state index contributed by atoms with van der Waals surface area (Å²) >= 11 is 0. The van der Waals surface area contributed by atoms with Gasteiger partial charge >= 0.3 is 0 Å². The molecule has 1 aliphatic heterocycles. The lowest BCUT2D eigenvalue weighted by atomic mass is 10.1. The largest absolute Gasteiger partial charge is 0.391 e. The van der Waals surface area contributed by atoms with Gasteiger partial charge in [0.15, 0.2) is 11.6 Å². The third-order valence-corrected chi connectivity index (χ3v) is 5.63. The minimum atomic E-state index is -3.98. The van der Waals surface area contributed by atoms with Crippen LogP contribution in [0.1, 0.15) is 23.0 Å². The van der Waals surface area contributed by atoms with Crippen molar-refractivity contribution in [3.8, 4) is 0 Å². The molecule has 0 fully saturated rings. The van der Waals surface area contributed by atoms with Crippen LogP contribution in [0.25, 0.3) is 6.08 Å². The van der Waals surface area contributed by atoms with Crippen LogP contribution in [0.15, 0.2) is 35.4 Å². The summed E-state index contributed by atoms with van der Waals surface area (Å²) in [6.45, 7) is 1.43. The number of carbonyl (C=O) groups is 1.